The lowest BCUT2D eigenvalue weighted by atomic mass is 9.99. The number of hydrogen-bond acceptors (Lipinski definition) is 3. The molecule has 0 aromatic heterocycles. The van der Waals surface area contributed by atoms with Gasteiger partial charge in [-0.2, -0.15) is 0 Å². The zero-order chi connectivity index (χ0) is 15.1. The molecule has 1 aromatic rings. The monoisotopic (exact) mass is 289 g/mol. The third-order valence-electron chi connectivity index (χ3n) is 3.68. The maximum atomic E-state index is 13.6. The molecule has 0 saturated carbocycles. The molecule has 0 atom stereocenters. The van der Waals surface area contributed by atoms with Gasteiger partial charge in [0.2, 0.25) is 0 Å². The van der Waals surface area contributed by atoms with Crippen molar-refractivity contribution in [2.75, 3.05) is 39.0 Å². The van der Waals surface area contributed by atoms with Crippen LogP contribution in [0, 0.1) is 5.82 Å². The third kappa shape index (κ3) is 4.67. The Balaban J connectivity index is 2.08. The van der Waals surface area contributed by atoms with Crippen LogP contribution >= 0.6 is 0 Å². The molecule has 0 aliphatic carbocycles. The summed E-state index contributed by atoms with van der Waals surface area (Å²) in [5.41, 5.74) is 3.22. The van der Waals surface area contributed by atoms with E-state index in [9.17, 15) is 4.39 Å². The first-order valence-electron chi connectivity index (χ1n) is 7.52. The van der Waals surface area contributed by atoms with Gasteiger partial charge in [0.25, 0.3) is 0 Å². The summed E-state index contributed by atoms with van der Waals surface area (Å²) >= 11 is 0. The quantitative estimate of drug-likeness (QED) is 0.642. The second kappa shape index (κ2) is 7.93. The van der Waals surface area contributed by atoms with Gasteiger partial charge < -0.3 is 15.2 Å². The number of benzene rings is 1. The molecular weight excluding hydrogens is 265 g/mol. The minimum Gasteiger partial charge on any atom is -0.385 e. The van der Waals surface area contributed by atoms with Crippen molar-refractivity contribution in [2.45, 2.75) is 19.3 Å². The Morgan fingerprint density at radius 2 is 2.29 bits per heavy atom. The van der Waals surface area contributed by atoms with Crippen LogP contribution in [0.5, 0.6) is 0 Å². The van der Waals surface area contributed by atoms with Crippen LogP contribution in [0.2, 0.25) is 0 Å². The molecule has 1 aliphatic rings. The lowest BCUT2D eigenvalue weighted by Gasteiger charge is -2.24. The van der Waals surface area contributed by atoms with E-state index in [-0.39, 0.29) is 5.82 Å². The molecule has 1 N–H and O–H groups in total. The van der Waals surface area contributed by atoms with Crippen molar-refractivity contribution in [3.63, 3.8) is 0 Å². The summed E-state index contributed by atoms with van der Waals surface area (Å²) in [5, 5.41) is 3.42. The maximum Gasteiger partial charge on any atom is 0.123 e. The zero-order valence-electron chi connectivity index (χ0n) is 12.9. The highest BCUT2D eigenvalue weighted by molar-refractivity contribution is 5.77. The van der Waals surface area contributed by atoms with Gasteiger partial charge in [0.05, 0.1) is 0 Å². The largest absolute Gasteiger partial charge is 0.385 e. The maximum absolute atomic E-state index is 13.6. The van der Waals surface area contributed by atoms with E-state index in [1.54, 1.807) is 13.1 Å². The first-order valence-corrected chi connectivity index (χ1v) is 7.52. The summed E-state index contributed by atoms with van der Waals surface area (Å²) in [5.74, 6) is -0.178. The highest BCUT2D eigenvalue weighted by Gasteiger charge is 2.14. The molecule has 0 radical (unpaired) electrons. The molecule has 0 unspecified atom stereocenters. The summed E-state index contributed by atoms with van der Waals surface area (Å²) < 4.78 is 13.6. The zero-order valence-corrected chi connectivity index (χ0v) is 12.9. The van der Waals surface area contributed by atoms with Crippen molar-refractivity contribution in [2.24, 2.45) is 4.99 Å². The number of anilines is 1. The molecule has 114 valence electrons. The summed E-state index contributed by atoms with van der Waals surface area (Å²) in [6.45, 7) is 2.81. The average Bonchev–Trinajstić information content (AvgIpc) is 2.48. The van der Waals surface area contributed by atoms with E-state index in [2.05, 4.69) is 28.3 Å². The Kier molecular flexibility index (Phi) is 5.93. The van der Waals surface area contributed by atoms with Gasteiger partial charge in [0, 0.05) is 37.9 Å². The van der Waals surface area contributed by atoms with E-state index in [0.29, 0.717) is 0 Å². The van der Waals surface area contributed by atoms with Gasteiger partial charge >= 0.3 is 0 Å². The number of nitrogens with one attached hydrogen (secondary N) is 1. The topological polar surface area (TPSA) is 27.6 Å². The number of unbranched alkanes of at least 4 members (excludes halogenated alkanes) is 1. The predicted octanol–water partition coefficient (Wildman–Crippen LogP) is 3.44. The Morgan fingerprint density at radius 3 is 3.05 bits per heavy atom. The van der Waals surface area contributed by atoms with Crippen LogP contribution in [0.15, 0.2) is 29.3 Å². The van der Waals surface area contributed by atoms with Gasteiger partial charge in [-0.3, -0.25) is 0 Å². The van der Waals surface area contributed by atoms with Crippen LogP contribution in [-0.4, -0.2) is 44.8 Å². The molecule has 0 fully saturated rings. The van der Waals surface area contributed by atoms with Crippen LogP contribution in [0.25, 0.3) is 5.57 Å². The van der Waals surface area contributed by atoms with E-state index in [0.717, 1.165) is 50.1 Å². The third-order valence-corrected chi connectivity index (χ3v) is 3.68. The van der Waals surface area contributed by atoms with E-state index in [1.807, 2.05) is 12.3 Å². The normalized spacial score (nSPS) is 16.2. The SMILES string of the molecule is CN=CCCCNc1ccc(F)cc1C1=CCCN(C)C1. The molecule has 0 bridgehead atoms. The van der Waals surface area contributed by atoms with Gasteiger partial charge in [-0.15, -0.1) is 0 Å². The number of halogens is 1. The van der Waals surface area contributed by atoms with Gasteiger partial charge in [0.15, 0.2) is 0 Å². The highest BCUT2D eigenvalue weighted by atomic mass is 19.1. The Morgan fingerprint density at radius 1 is 1.43 bits per heavy atom. The molecule has 1 aromatic carbocycles. The summed E-state index contributed by atoms with van der Waals surface area (Å²) in [7, 11) is 3.89. The summed E-state index contributed by atoms with van der Waals surface area (Å²) in [4.78, 5) is 6.24. The second-order valence-corrected chi connectivity index (χ2v) is 5.46. The van der Waals surface area contributed by atoms with E-state index < -0.39 is 0 Å². The van der Waals surface area contributed by atoms with Gasteiger partial charge in [-0.25, -0.2) is 4.39 Å². The van der Waals surface area contributed by atoms with Crippen LogP contribution < -0.4 is 5.32 Å². The Hall–Kier alpha value is -1.68. The molecule has 2 rings (SSSR count). The molecule has 1 aliphatic heterocycles. The van der Waals surface area contributed by atoms with Crippen molar-refractivity contribution in [3.05, 3.63) is 35.7 Å². The van der Waals surface area contributed by atoms with Crippen molar-refractivity contribution >= 4 is 17.5 Å². The highest BCUT2D eigenvalue weighted by Crippen LogP contribution is 2.28. The van der Waals surface area contributed by atoms with Crippen molar-refractivity contribution in [1.29, 1.82) is 0 Å². The van der Waals surface area contributed by atoms with Crippen LogP contribution in [0.3, 0.4) is 0 Å². The fraction of sp³-hybridized carbons (Fsp3) is 0.471. The Labute approximate surface area is 126 Å². The Bertz CT molecular complexity index is 523. The number of hydrogen-bond donors (Lipinski definition) is 1. The van der Waals surface area contributed by atoms with Crippen molar-refractivity contribution in [1.82, 2.24) is 4.90 Å². The molecule has 21 heavy (non-hydrogen) atoms. The molecule has 3 nitrogen and oxygen atoms in total. The standard InChI is InChI=1S/C17H24FN3/c1-19-9-3-4-10-20-17-8-7-15(18)12-16(17)14-6-5-11-21(2)13-14/h6-9,12,20H,3-5,10-11,13H2,1-2H3. The molecule has 0 saturated heterocycles. The fourth-order valence-electron chi connectivity index (χ4n) is 2.57. The molecular formula is C17H24FN3. The summed E-state index contributed by atoms with van der Waals surface area (Å²) in [6.07, 6.45) is 7.16. The second-order valence-electron chi connectivity index (χ2n) is 5.46. The minimum atomic E-state index is -0.178. The molecule has 0 spiro atoms. The number of likely N-dealkylation sites (N-methyl/N-ethyl adjacent to an activating group) is 1. The predicted molar refractivity (Wildman–Crippen MR) is 88.6 cm³/mol. The molecule has 0 amide bonds. The van der Waals surface area contributed by atoms with Crippen LogP contribution in [-0.2, 0) is 0 Å². The smallest absolute Gasteiger partial charge is 0.123 e. The van der Waals surface area contributed by atoms with E-state index >= 15 is 0 Å². The average molecular weight is 289 g/mol. The van der Waals surface area contributed by atoms with Gasteiger partial charge in [0.1, 0.15) is 5.82 Å². The van der Waals surface area contributed by atoms with Crippen molar-refractivity contribution < 1.29 is 4.39 Å². The minimum absolute atomic E-state index is 0.178. The van der Waals surface area contributed by atoms with Gasteiger partial charge in [-0.05, 0) is 56.3 Å². The summed E-state index contributed by atoms with van der Waals surface area (Å²) in [6, 6.07) is 5.00. The lowest BCUT2D eigenvalue weighted by molar-refractivity contribution is 0.373. The molecule has 4 heteroatoms. The van der Waals surface area contributed by atoms with E-state index in [1.165, 1.54) is 11.6 Å². The lowest BCUT2D eigenvalue weighted by Crippen LogP contribution is -2.25. The number of aliphatic imine (C=N–C) groups is 1. The van der Waals surface area contributed by atoms with Crippen LogP contribution in [0.4, 0.5) is 10.1 Å². The van der Waals surface area contributed by atoms with Crippen molar-refractivity contribution in [3.8, 4) is 0 Å². The fourth-order valence-corrected chi connectivity index (χ4v) is 2.57. The first kappa shape index (κ1) is 15.7. The first-order chi connectivity index (χ1) is 10.2. The van der Waals surface area contributed by atoms with Gasteiger partial charge in [-0.1, -0.05) is 6.08 Å². The van der Waals surface area contributed by atoms with Crippen LogP contribution in [0.1, 0.15) is 24.8 Å². The molecule has 1 heterocycles. The number of nitrogens with zero attached hydrogens (tertiary/aromatic N) is 2. The number of rotatable bonds is 6. The van der Waals surface area contributed by atoms with E-state index in [4.69, 9.17) is 0 Å².